The van der Waals surface area contributed by atoms with Crippen LogP contribution in [0, 0.1) is 0 Å². The van der Waals surface area contributed by atoms with Crippen molar-refractivity contribution in [1.82, 2.24) is 9.80 Å². The third-order valence-corrected chi connectivity index (χ3v) is 4.82. The number of fused-ring (bicyclic) bond motifs is 3. The van der Waals surface area contributed by atoms with E-state index in [9.17, 15) is 0 Å². The number of hydrogen-bond acceptors (Lipinski definition) is 6. The van der Waals surface area contributed by atoms with E-state index in [4.69, 9.17) is 27.1 Å². The zero-order valence-corrected chi connectivity index (χ0v) is 15.4. The number of nitrogens with zero attached hydrogens (tertiary/aromatic N) is 4. The molecule has 0 radical (unpaired) electrons. The molecule has 1 atom stereocenters. The van der Waals surface area contributed by atoms with Crippen molar-refractivity contribution >= 4 is 35.1 Å². The Bertz CT molecular complexity index is 909. The van der Waals surface area contributed by atoms with Gasteiger partial charge in [-0.25, -0.2) is 4.99 Å². The van der Waals surface area contributed by atoms with Gasteiger partial charge >= 0.3 is 0 Å². The third kappa shape index (κ3) is 3.02. The fourth-order valence-corrected chi connectivity index (χ4v) is 3.37. The second-order valence-corrected chi connectivity index (χ2v) is 7.05. The molecule has 0 spiro atoms. The largest absolute Gasteiger partial charge is 0.456 e. The van der Waals surface area contributed by atoms with Crippen LogP contribution in [0.25, 0.3) is 0 Å². The number of nitrogen functional groups attached to an aromatic ring is 1. The summed E-state index contributed by atoms with van der Waals surface area (Å²) in [6.45, 7) is 1.68. The molecular weight excluding hydrogens is 350 g/mol. The molecule has 134 valence electrons. The van der Waals surface area contributed by atoms with Gasteiger partial charge in [0.05, 0.1) is 30.3 Å². The van der Waals surface area contributed by atoms with Crippen LogP contribution in [0.2, 0.25) is 5.02 Å². The van der Waals surface area contributed by atoms with Crippen LogP contribution in [-0.2, 0) is 0 Å². The lowest BCUT2D eigenvalue weighted by molar-refractivity contribution is 0.323. The number of aliphatic imine (C=N–C) groups is 2. The minimum Gasteiger partial charge on any atom is -0.456 e. The molecule has 0 saturated carbocycles. The van der Waals surface area contributed by atoms with Crippen LogP contribution in [0.3, 0.4) is 0 Å². The van der Waals surface area contributed by atoms with Gasteiger partial charge in [0, 0.05) is 12.1 Å². The Morgan fingerprint density at radius 2 is 2.15 bits per heavy atom. The first kappa shape index (κ1) is 16.9. The van der Waals surface area contributed by atoms with Crippen LogP contribution < -0.4 is 10.5 Å². The molecule has 2 aliphatic rings. The van der Waals surface area contributed by atoms with Crippen LogP contribution in [0.4, 0.5) is 11.4 Å². The topological polar surface area (TPSA) is 66.4 Å². The molecular formula is C19H20ClN5O. The molecule has 0 saturated heterocycles. The Morgan fingerprint density at radius 3 is 2.96 bits per heavy atom. The number of ether oxygens (including phenoxy) is 1. The number of hydrogen-bond donors (Lipinski definition) is 1. The van der Waals surface area contributed by atoms with Crippen LogP contribution in [0.1, 0.15) is 5.56 Å². The Hall–Kier alpha value is -2.57. The predicted molar refractivity (Wildman–Crippen MR) is 106 cm³/mol. The lowest BCUT2D eigenvalue weighted by Gasteiger charge is -2.28. The highest BCUT2D eigenvalue weighted by Gasteiger charge is 2.31. The summed E-state index contributed by atoms with van der Waals surface area (Å²) in [7, 11) is 4.13. The van der Waals surface area contributed by atoms with Crippen LogP contribution in [0.15, 0.2) is 46.4 Å². The van der Waals surface area contributed by atoms with Crippen molar-refractivity contribution in [3.8, 4) is 11.5 Å². The monoisotopic (exact) mass is 369 g/mol. The Morgan fingerprint density at radius 1 is 1.31 bits per heavy atom. The second kappa shape index (κ2) is 6.63. The van der Waals surface area contributed by atoms with E-state index in [2.05, 4.69) is 28.9 Å². The molecule has 2 N–H and O–H groups in total. The Kier molecular flexibility index (Phi) is 4.30. The lowest BCUT2D eigenvalue weighted by Crippen LogP contribution is -2.43. The lowest BCUT2D eigenvalue weighted by atomic mass is 10.1. The summed E-state index contributed by atoms with van der Waals surface area (Å²) < 4.78 is 5.95. The van der Waals surface area contributed by atoms with Crippen molar-refractivity contribution < 1.29 is 4.74 Å². The second-order valence-electron chi connectivity index (χ2n) is 6.67. The molecule has 0 aliphatic carbocycles. The molecule has 2 aromatic rings. The molecule has 2 aromatic carbocycles. The van der Waals surface area contributed by atoms with Crippen LogP contribution >= 0.6 is 11.6 Å². The number of anilines is 1. The summed E-state index contributed by atoms with van der Waals surface area (Å²) in [6, 6.07) is 11.4. The normalized spacial score (nSPS) is 17.9. The average Bonchev–Trinajstić information content (AvgIpc) is 3.02. The summed E-state index contributed by atoms with van der Waals surface area (Å²) in [5.74, 6) is 2.14. The van der Waals surface area contributed by atoms with E-state index >= 15 is 0 Å². The van der Waals surface area contributed by atoms with Gasteiger partial charge in [-0.3, -0.25) is 4.99 Å². The van der Waals surface area contributed by atoms with E-state index in [0.29, 0.717) is 28.3 Å². The SMILES string of the molecule is CN(C)CC1CN=C2c3cc(Oc4cccc(N)c4Cl)ccc3N=CN21. The fourth-order valence-electron chi connectivity index (χ4n) is 3.20. The van der Waals surface area contributed by atoms with Crippen molar-refractivity contribution in [2.45, 2.75) is 6.04 Å². The van der Waals surface area contributed by atoms with Gasteiger partial charge in [-0.2, -0.15) is 0 Å². The quantitative estimate of drug-likeness (QED) is 0.839. The molecule has 2 aliphatic heterocycles. The van der Waals surface area contributed by atoms with Gasteiger partial charge in [0.25, 0.3) is 0 Å². The molecule has 4 rings (SSSR count). The van der Waals surface area contributed by atoms with Crippen LogP contribution in [-0.4, -0.2) is 55.2 Å². The van der Waals surface area contributed by atoms with Gasteiger partial charge in [-0.1, -0.05) is 17.7 Å². The van der Waals surface area contributed by atoms with Crippen molar-refractivity contribution in [2.75, 3.05) is 32.9 Å². The maximum atomic E-state index is 6.23. The zero-order chi connectivity index (χ0) is 18.3. The highest BCUT2D eigenvalue weighted by atomic mass is 35.5. The number of benzene rings is 2. The van der Waals surface area contributed by atoms with E-state index in [0.717, 1.165) is 30.2 Å². The first-order valence-electron chi connectivity index (χ1n) is 8.41. The number of likely N-dealkylation sites (N-methyl/N-ethyl adjacent to an activating group) is 1. The molecule has 6 nitrogen and oxygen atoms in total. The van der Waals surface area contributed by atoms with Crippen molar-refractivity contribution in [2.24, 2.45) is 9.98 Å². The van der Waals surface area contributed by atoms with Gasteiger partial charge in [-0.05, 0) is 44.4 Å². The summed E-state index contributed by atoms with van der Waals surface area (Å²) in [6.07, 6.45) is 1.87. The smallest absolute Gasteiger partial charge is 0.148 e. The van der Waals surface area contributed by atoms with Gasteiger partial charge < -0.3 is 20.3 Å². The zero-order valence-electron chi connectivity index (χ0n) is 14.7. The fraction of sp³-hybridized carbons (Fsp3) is 0.263. The number of halogens is 1. The summed E-state index contributed by atoms with van der Waals surface area (Å²) in [5, 5.41) is 0.411. The van der Waals surface area contributed by atoms with Crippen molar-refractivity contribution in [1.29, 1.82) is 0 Å². The van der Waals surface area contributed by atoms with Gasteiger partial charge in [0.1, 0.15) is 22.4 Å². The highest BCUT2D eigenvalue weighted by molar-refractivity contribution is 6.34. The van der Waals surface area contributed by atoms with E-state index in [1.165, 1.54) is 0 Å². The minimum atomic E-state index is 0.296. The number of rotatable bonds is 4. The van der Waals surface area contributed by atoms with Gasteiger partial charge in [0.15, 0.2) is 0 Å². The maximum Gasteiger partial charge on any atom is 0.148 e. The molecule has 1 unspecified atom stereocenters. The Labute approximate surface area is 157 Å². The molecule has 0 bridgehead atoms. The maximum absolute atomic E-state index is 6.23. The molecule has 26 heavy (non-hydrogen) atoms. The Balaban J connectivity index is 1.63. The standard InChI is InChI=1S/C19H20ClN5O/c1-24(2)10-12-9-22-19-14-8-13(6-7-16(14)23-11-25(12)19)26-17-5-3-4-15(21)18(17)20/h3-8,11-12H,9-10,21H2,1-2H3. The predicted octanol–water partition coefficient (Wildman–Crippen LogP) is 3.38. The number of amidine groups is 1. The van der Waals surface area contributed by atoms with Crippen molar-refractivity contribution in [3.05, 3.63) is 47.0 Å². The van der Waals surface area contributed by atoms with E-state index in [-0.39, 0.29) is 0 Å². The third-order valence-electron chi connectivity index (χ3n) is 4.42. The number of nitrogens with two attached hydrogens (primary N) is 1. The first-order valence-corrected chi connectivity index (χ1v) is 8.78. The molecule has 7 heteroatoms. The highest BCUT2D eigenvalue weighted by Crippen LogP contribution is 2.36. The van der Waals surface area contributed by atoms with Crippen molar-refractivity contribution in [3.63, 3.8) is 0 Å². The van der Waals surface area contributed by atoms with Gasteiger partial charge in [-0.15, -0.1) is 0 Å². The first-order chi connectivity index (χ1) is 12.5. The minimum absolute atomic E-state index is 0.296. The van der Waals surface area contributed by atoms with E-state index in [1.54, 1.807) is 12.1 Å². The van der Waals surface area contributed by atoms with E-state index in [1.807, 2.05) is 30.6 Å². The summed E-state index contributed by atoms with van der Waals surface area (Å²) >= 11 is 6.23. The molecule has 0 aromatic heterocycles. The molecule has 0 amide bonds. The molecule has 0 fully saturated rings. The average molecular weight is 370 g/mol. The summed E-state index contributed by atoms with van der Waals surface area (Å²) in [4.78, 5) is 13.6. The summed E-state index contributed by atoms with van der Waals surface area (Å²) in [5.41, 5.74) is 8.19. The van der Waals surface area contributed by atoms with Crippen LogP contribution in [0.5, 0.6) is 11.5 Å². The van der Waals surface area contributed by atoms with Gasteiger partial charge in [0.2, 0.25) is 0 Å². The van der Waals surface area contributed by atoms with E-state index < -0.39 is 0 Å². The molecule has 2 heterocycles.